The predicted octanol–water partition coefficient (Wildman–Crippen LogP) is 5.51. The zero-order valence-corrected chi connectivity index (χ0v) is 13.3. The minimum Gasteiger partial charge on any atom is -0.342 e. The van der Waals surface area contributed by atoms with E-state index in [4.69, 9.17) is 0 Å². The minimum atomic E-state index is 0.951. The largest absolute Gasteiger partial charge is 0.342 e. The molecule has 0 saturated carbocycles. The van der Waals surface area contributed by atoms with Crippen LogP contribution in [0.15, 0.2) is 66.7 Å². The number of fused-ring (bicyclic) bond motifs is 1. The Kier molecular flexibility index (Phi) is 3.23. The van der Waals surface area contributed by atoms with Crippen LogP contribution in [0.4, 0.5) is 0 Å². The summed E-state index contributed by atoms with van der Waals surface area (Å²) in [4.78, 5) is 7.75. The van der Waals surface area contributed by atoms with Gasteiger partial charge in [0.2, 0.25) is 0 Å². The van der Waals surface area contributed by atoms with Crippen molar-refractivity contribution in [2.45, 2.75) is 13.8 Å². The number of benzene rings is 3. The molecule has 112 valence electrons. The Morgan fingerprint density at radius 2 is 1.17 bits per heavy atom. The van der Waals surface area contributed by atoms with Crippen LogP contribution < -0.4 is 0 Å². The monoisotopic (exact) mass is 298 g/mol. The fourth-order valence-corrected chi connectivity index (χ4v) is 2.92. The van der Waals surface area contributed by atoms with Crippen LogP contribution in [0.5, 0.6) is 0 Å². The third kappa shape index (κ3) is 2.64. The van der Waals surface area contributed by atoms with E-state index < -0.39 is 0 Å². The van der Waals surface area contributed by atoms with Gasteiger partial charge >= 0.3 is 0 Å². The van der Waals surface area contributed by atoms with E-state index in [1.165, 1.54) is 27.8 Å². The molecule has 4 aromatic rings. The van der Waals surface area contributed by atoms with Crippen LogP contribution in [-0.4, -0.2) is 9.97 Å². The van der Waals surface area contributed by atoms with Crippen molar-refractivity contribution in [2.24, 2.45) is 0 Å². The van der Waals surface area contributed by atoms with Gasteiger partial charge in [0.1, 0.15) is 5.82 Å². The first-order valence-corrected chi connectivity index (χ1v) is 7.83. The van der Waals surface area contributed by atoms with Crippen molar-refractivity contribution in [3.05, 3.63) is 78.1 Å². The van der Waals surface area contributed by atoms with Gasteiger partial charge in [-0.3, -0.25) is 0 Å². The Labute approximate surface area is 135 Å². The van der Waals surface area contributed by atoms with Gasteiger partial charge in [0.25, 0.3) is 0 Å². The molecule has 1 N–H and O–H groups in total. The number of H-pyrrole nitrogens is 1. The Morgan fingerprint density at radius 3 is 1.83 bits per heavy atom. The highest BCUT2D eigenvalue weighted by molar-refractivity contribution is 5.82. The number of nitrogens with zero attached hydrogens (tertiary/aromatic N) is 1. The fraction of sp³-hybridized carbons (Fsp3) is 0.0952. The highest BCUT2D eigenvalue weighted by Gasteiger charge is 2.04. The number of aryl methyl sites for hydroxylation is 2. The van der Waals surface area contributed by atoms with Gasteiger partial charge in [0.15, 0.2) is 0 Å². The lowest BCUT2D eigenvalue weighted by atomic mass is 9.99. The third-order valence-electron chi connectivity index (χ3n) is 4.20. The van der Waals surface area contributed by atoms with Gasteiger partial charge < -0.3 is 4.98 Å². The van der Waals surface area contributed by atoms with Crippen LogP contribution in [0.1, 0.15) is 11.4 Å². The van der Waals surface area contributed by atoms with Crippen molar-refractivity contribution in [1.29, 1.82) is 0 Å². The average molecular weight is 298 g/mol. The average Bonchev–Trinajstić information content (AvgIpc) is 2.95. The van der Waals surface area contributed by atoms with E-state index in [1.54, 1.807) is 0 Å². The molecule has 2 heteroatoms. The zero-order chi connectivity index (χ0) is 15.8. The Hall–Kier alpha value is -2.87. The molecule has 2 nitrogen and oxygen atoms in total. The van der Waals surface area contributed by atoms with Gasteiger partial charge in [-0.2, -0.15) is 0 Å². The van der Waals surface area contributed by atoms with Crippen molar-refractivity contribution in [2.75, 3.05) is 0 Å². The van der Waals surface area contributed by atoms with E-state index in [0.717, 1.165) is 16.9 Å². The van der Waals surface area contributed by atoms with Crippen LogP contribution in [0.25, 0.3) is 33.3 Å². The summed E-state index contributed by atoms with van der Waals surface area (Å²) in [5.41, 5.74) is 8.30. The SMILES string of the molecule is Cc1ccc(-c2ccc(-c3ccc4nc(C)[nH]c4c3)cc2)cc1. The maximum absolute atomic E-state index is 4.45. The third-order valence-corrected chi connectivity index (χ3v) is 4.20. The fourth-order valence-electron chi connectivity index (χ4n) is 2.92. The van der Waals surface area contributed by atoms with E-state index >= 15 is 0 Å². The predicted molar refractivity (Wildman–Crippen MR) is 96.4 cm³/mol. The highest BCUT2D eigenvalue weighted by Crippen LogP contribution is 2.27. The topological polar surface area (TPSA) is 28.7 Å². The lowest BCUT2D eigenvalue weighted by Gasteiger charge is -2.06. The van der Waals surface area contributed by atoms with Gasteiger partial charge in [-0.1, -0.05) is 60.2 Å². The second kappa shape index (κ2) is 5.40. The molecule has 3 aromatic carbocycles. The van der Waals surface area contributed by atoms with Crippen LogP contribution in [-0.2, 0) is 0 Å². The van der Waals surface area contributed by atoms with Crippen LogP contribution in [0.3, 0.4) is 0 Å². The molecule has 0 unspecified atom stereocenters. The summed E-state index contributed by atoms with van der Waals surface area (Å²) >= 11 is 0. The Bertz CT molecular complexity index is 961. The molecule has 0 spiro atoms. The number of aromatic amines is 1. The van der Waals surface area contributed by atoms with Crippen LogP contribution >= 0.6 is 0 Å². The molecular formula is C21H18N2. The van der Waals surface area contributed by atoms with Gasteiger partial charge in [0.05, 0.1) is 11.0 Å². The van der Waals surface area contributed by atoms with Crippen molar-refractivity contribution in [3.8, 4) is 22.3 Å². The maximum atomic E-state index is 4.45. The van der Waals surface area contributed by atoms with E-state index in [0.29, 0.717) is 0 Å². The molecule has 0 aliphatic heterocycles. The lowest BCUT2D eigenvalue weighted by Crippen LogP contribution is -1.81. The van der Waals surface area contributed by atoms with Gasteiger partial charge in [-0.15, -0.1) is 0 Å². The summed E-state index contributed by atoms with van der Waals surface area (Å²) in [6.07, 6.45) is 0. The molecule has 0 amide bonds. The van der Waals surface area contributed by atoms with E-state index in [2.05, 4.69) is 83.6 Å². The standard InChI is InChI=1S/C21H18N2/c1-14-3-5-16(6-4-14)17-7-9-18(10-8-17)19-11-12-20-21(13-19)23-15(2)22-20/h3-13H,1-2H3,(H,22,23). The molecule has 0 bridgehead atoms. The first-order valence-electron chi connectivity index (χ1n) is 7.83. The van der Waals surface area contributed by atoms with Gasteiger partial charge in [0, 0.05) is 0 Å². The zero-order valence-electron chi connectivity index (χ0n) is 13.3. The number of hydrogen-bond acceptors (Lipinski definition) is 1. The van der Waals surface area contributed by atoms with Gasteiger partial charge in [-0.25, -0.2) is 4.98 Å². The summed E-state index contributed by atoms with van der Waals surface area (Å²) in [5, 5.41) is 0. The van der Waals surface area contributed by atoms with Gasteiger partial charge in [-0.05, 0) is 48.2 Å². The summed E-state index contributed by atoms with van der Waals surface area (Å²) in [6.45, 7) is 4.09. The number of nitrogens with one attached hydrogen (secondary N) is 1. The number of hydrogen-bond donors (Lipinski definition) is 1. The molecule has 0 radical (unpaired) electrons. The van der Waals surface area contributed by atoms with Crippen molar-refractivity contribution < 1.29 is 0 Å². The molecule has 0 atom stereocenters. The molecule has 4 rings (SSSR count). The van der Waals surface area contributed by atoms with Crippen molar-refractivity contribution >= 4 is 11.0 Å². The second-order valence-electron chi connectivity index (χ2n) is 6.00. The minimum absolute atomic E-state index is 0.951. The lowest BCUT2D eigenvalue weighted by molar-refractivity contribution is 1.17. The Morgan fingerprint density at radius 1 is 0.652 bits per heavy atom. The van der Waals surface area contributed by atoms with E-state index in [-0.39, 0.29) is 0 Å². The van der Waals surface area contributed by atoms with Crippen molar-refractivity contribution in [1.82, 2.24) is 9.97 Å². The van der Waals surface area contributed by atoms with Crippen molar-refractivity contribution in [3.63, 3.8) is 0 Å². The summed E-state index contributed by atoms with van der Waals surface area (Å²) in [7, 11) is 0. The molecule has 1 aromatic heterocycles. The summed E-state index contributed by atoms with van der Waals surface area (Å²) in [6, 6.07) is 23.7. The molecule has 0 saturated heterocycles. The number of aromatic nitrogens is 2. The number of imidazole rings is 1. The Balaban J connectivity index is 1.69. The molecule has 0 aliphatic carbocycles. The first-order chi connectivity index (χ1) is 11.2. The molecule has 23 heavy (non-hydrogen) atoms. The number of rotatable bonds is 2. The smallest absolute Gasteiger partial charge is 0.104 e. The molecule has 1 heterocycles. The van der Waals surface area contributed by atoms with Crippen LogP contribution in [0.2, 0.25) is 0 Å². The summed E-state index contributed by atoms with van der Waals surface area (Å²) in [5.74, 6) is 0.951. The molecule has 0 fully saturated rings. The quantitative estimate of drug-likeness (QED) is 0.519. The highest BCUT2D eigenvalue weighted by atomic mass is 14.9. The molecule has 0 aliphatic rings. The van der Waals surface area contributed by atoms with E-state index in [1.807, 2.05) is 6.92 Å². The second-order valence-corrected chi connectivity index (χ2v) is 6.00. The summed E-state index contributed by atoms with van der Waals surface area (Å²) < 4.78 is 0. The van der Waals surface area contributed by atoms with E-state index in [9.17, 15) is 0 Å². The molecular weight excluding hydrogens is 280 g/mol. The first kappa shape index (κ1) is 13.8. The maximum Gasteiger partial charge on any atom is 0.104 e. The normalized spacial score (nSPS) is 11.0. The van der Waals surface area contributed by atoms with Crippen LogP contribution in [0, 0.1) is 13.8 Å².